The van der Waals surface area contributed by atoms with E-state index in [-0.39, 0.29) is 11.7 Å². The van der Waals surface area contributed by atoms with Gasteiger partial charge in [0.25, 0.3) is 0 Å². The van der Waals surface area contributed by atoms with Gasteiger partial charge in [-0.15, -0.1) is 11.3 Å². The molecular formula is C26H26FN3O3S. The first-order chi connectivity index (χ1) is 16.4. The van der Waals surface area contributed by atoms with Gasteiger partial charge in [0, 0.05) is 43.2 Å². The number of nitrogens with zero attached hydrogens (tertiary/aromatic N) is 3. The molecule has 0 radical (unpaired) electrons. The van der Waals surface area contributed by atoms with E-state index < -0.39 is 5.82 Å². The van der Waals surface area contributed by atoms with Gasteiger partial charge >= 0.3 is 0 Å². The normalized spacial score (nSPS) is 14.0. The molecule has 2 aromatic carbocycles. The van der Waals surface area contributed by atoms with Crippen LogP contribution in [0.5, 0.6) is 5.75 Å². The predicted octanol–water partition coefficient (Wildman–Crippen LogP) is 4.73. The molecule has 6 nitrogen and oxygen atoms in total. The van der Waals surface area contributed by atoms with E-state index in [9.17, 15) is 14.0 Å². The summed E-state index contributed by atoms with van der Waals surface area (Å²) in [5, 5.41) is 2.98. The van der Waals surface area contributed by atoms with Crippen molar-refractivity contribution in [2.75, 3.05) is 31.1 Å². The Morgan fingerprint density at radius 3 is 2.62 bits per heavy atom. The third-order valence-corrected chi connectivity index (χ3v) is 6.44. The van der Waals surface area contributed by atoms with Gasteiger partial charge in [0.1, 0.15) is 18.2 Å². The predicted molar refractivity (Wildman–Crippen MR) is 132 cm³/mol. The second-order valence-electron chi connectivity index (χ2n) is 8.09. The molecule has 0 atom stereocenters. The Morgan fingerprint density at radius 1 is 1.15 bits per heavy atom. The molecule has 1 fully saturated rings. The van der Waals surface area contributed by atoms with Gasteiger partial charge < -0.3 is 14.5 Å². The molecule has 176 valence electrons. The lowest BCUT2D eigenvalue weighted by Gasteiger charge is -2.35. The maximum Gasteiger partial charge on any atom is 0.246 e. The molecular weight excluding hydrogens is 453 g/mol. The summed E-state index contributed by atoms with van der Waals surface area (Å²) in [6.45, 7) is 5.81. The number of carbonyl (C=O) groups excluding carboxylic acids is 2. The third kappa shape index (κ3) is 5.88. The number of hydrogen-bond donors (Lipinski definition) is 0. The van der Waals surface area contributed by atoms with Crippen LogP contribution in [-0.4, -0.2) is 47.8 Å². The molecule has 1 saturated heterocycles. The topological polar surface area (TPSA) is 62.7 Å². The number of anilines is 1. The number of amides is 1. The minimum Gasteiger partial charge on any atom is -0.487 e. The summed E-state index contributed by atoms with van der Waals surface area (Å²) in [5.74, 6) is 0.0432. The minimum absolute atomic E-state index is 0.0867. The van der Waals surface area contributed by atoms with E-state index in [1.165, 1.54) is 13.0 Å². The first-order valence-electron chi connectivity index (χ1n) is 11.1. The zero-order valence-corrected chi connectivity index (χ0v) is 20.0. The highest BCUT2D eigenvalue weighted by molar-refractivity contribution is 7.09. The van der Waals surface area contributed by atoms with Gasteiger partial charge in [0.2, 0.25) is 5.91 Å². The molecule has 1 aliphatic heterocycles. The zero-order valence-electron chi connectivity index (χ0n) is 19.2. The molecule has 0 saturated carbocycles. The van der Waals surface area contributed by atoms with Crippen molar-refractivity contribution in [3.63, 3.8) is 0 Å². The highest BCUT2D eigenvalue weighted by Crippen LogP contribution is 2.23. The van der Waals surface area contributed by atoms with Crippen LogP contribution in [0.15, 0.2) is 53.9 Å². The Kier molecular flexibility index (Phi) is 7.37. The first kappa shape index (κ1) is 23.6. The summed E-state index contributed by atoms with van der Waals surface area (Å²) in [5.41, 5.74) is 2.57. The van der Waals surface area contributed by atoms with Crippen LogP contribution >= 0.6 is 11.3 Å². The Labute approximate surface area is 202 Å². The van der Waals surface area contributed by atoms with Crippen molar-refractivity contribution in [3.05, 3.63) is 81.6 Å². The van der Waals surface area contributed by atoms with Crippen LogP contribution in [0.4, 0.5) is 10.1 Å². The average molecular weight is 480 g/mol. The molecule has 0 unspecified atom stereocenters. The third-order valence-electron chi connectivity index (χ3n) is 5.62. The number of hydrogen-bond acceptors (Lipinski definition) is 6. The molecule has 2 heterocycles. The van der Waals surface area contributed by atoms with Crippen molar-refractivity contribution in [2.45, 2.75) is 20.5 Å². The fourth-order valence-electron chi connectivity index (χ4n) is 3.76. The molecule has 4 rings (SSSR count). The fraction of sp³-hybridized carbons (Fsp3) is 0.269. The fourth-order valence-corrected chi connectivity index (χ4v) is 4.36. The van der Waals surface area contributed by atoms with E-state index in [1.54, 1.807) is 40.5 Å². The van der Waals surface area contributed by atoms with Gasteiger partial charge in [0.15, 0.2) is 5.78 Å². The number of benzene rings is 2. The zero-order chi connectivity index (χ0) is 24.1. The van der Waals surface area contributed by atoms with Gasteiger partial charge in [-0.2, -0.15) is 0 Å². The summed E-state index contributed by atoms with van der Waals surface area (Å²) >= 11 is 1.59. The maximum atomic E-state index is 14.4. The number of carbonyl (C=O) groups is 2. The number of ketones is 1. The van der Waals surface area contributed by atoms with Crippen molar-refractivity contribution >= 4 is 34.8 Å². The Hall–Kier alpha value is -3.52. The van der Waals surface area contributed by atoms with Crippen molar-refractivity contribution in [1.29, 1.82) is 0 Å². The SMILES string of the molecule is CC(=O)c1ccc(N2CCN(C(=O)/C=C/c3cccc(OCc4csc(C)n4)c3)CC2)c(F)c1. The Balaban J connectivity index is 1.31. The molecule has 0 N–H and O–H groups in total. The summed E-state index contributed by atoms with van der Waals surface area (Å²) in [7, 11) is 0. The van der Waals surface area contributed by atoms with Crippen LogP contribution in [-0.2, 0) is 11.4 Å². The van der Waals surface area contributed by atoms with Crippen LogP contribution in [0.2, 0.25) is 0 Å². The second-order valence-corrected chi connectivity index (χ2v) is 9.15. The smallest absolute Gasteiger partial charge is 0.246 e. The summed E-state index contributed by atoms with van der Waals surface area (Å²) in [6.07, 6.45) is 3.33. The number of aromatic nitrogens is 1. The number of halogens is 1. The maximum absolute atomic E-state index is 14.4. The standard InChI is InChI=1S/C26H26FN3O3S/c1-18(31)21-7-8-25(24(27)15-21)29-10-12-30(13-11-29)26(32)9-6-20-4-3-5-23(14-20)33-16-22-17-34-19(2)28-22/h3-9,14-15,17H,10-13,16H2,1-2H3/b9-6+. The van der Waals surface area contributed by atoms with E-state index in [2.05, 4.69) is 4.98 Å². The van der Waals surface area contributed by atoms with E-state index in [1.807, 2.05) is 41.5 Å². The molecule has 0 aliphatic carbocycles. The van der Waals surface area contributed by atoms with E-state index in [0.29, 0.717) is 49.8 Å². The monoisotopic (exact) mass is 479 g/mol. The lowest BCUT2D eigenvalue weighted by Crippen LogP contribution is -2.48. The quantitative estimate of drug-likeness (QED) is 0.362. The first-order valence-corrected chi connectivity index (χ1v) is 11.9. The van der Waals surface area contributed by atoms with Crippen molar-refractivity contribution in [2.24, 2.45) is 0 Å². The van der Waals surface area contributed by atoms with E-state index in [0.717, 1.165) is 16.3 Å². The Bertz CT molecular complexity index is 1220. The lowest BCUT2D eigenvalue weighted by atomic mass is 10.1. The summed E-state index contributed by atoms with van der Waals surface area (Å²) in [4.78, 5) is 32.1. The van der Waals surface area contributed by atoms with Crippen molar-refractivity contribution in [1.82, 2.24) is 9.88 Å². The van der Waals surface area contributed by atoms with Gasteiger partial charge in [-0.3, -0.25) is 9.59 Å². The largest absolute Gasteiger partial charge is 0.487 e. The highest BCUT2D eigenvalue weighted by Gasteiger charge is 2.22. The van der Waals surface area contributed by atoms with Crippen molar-refractivity contribution in [3.8, 4) is 5.75 Å². The molecule has 1 aliphatic rings. The van der Waals surface area contributed by atoms with Crippen LogP contribution in [0, 0.1) is 12.7 Å². The van der Waals surface area contributed by atoms with Gasteiger partial charge in [0.05, 0.1) is 16.4 Å². The highest BCUT2D eigenvalue weighted by atomic mass is 32.1. The molecule has 0 bridgehead atoms. The number of ether oxygens (including phenoxy) is 1. The van der Waals surface area contributed by atoms with E-state index >= 15 is 0 Å². The van der Waals surface area contributed by atoms with E-state index in [4.69, 9.17) is 4.74 Å². The summed E-state index contributed by atoms with van der Waals surface area (Å²) in [6, 6.07) is 12.1. The molecule has 1 amide bonds. The van der Waals surface area contributed by atoms with Crippen LogP contribution in [0.3, 0.4) is 0 Å². The van der Waals surface area contributed by atoms with Crippen molar-refractivity contribution < 1.29 is 18.7 Å². The van der Waals surface area contributed by atoms with Crippen LogP contribution < -0.4 is 9.64 Å². The summed E-state index contributed by atoms with van der Waals surface area (Å²) < 4.78 is 20.3. The number of rotatable bonds is 7. The van der Waals surface area contributed by atoms with Crippen LogP contribution in [0.1, 0.15) is 33.5 Å². The van der Waals surface area contributed by atoms with Gasteiger partial charge in [-0.1, -0.05) is 12.1 Å². The molecule has 0 spiro atoms. The molecule has 8 heteroatoms. The second kappa shape index (κ2) is 10.6. The number of Topliss-reactive ketones (excluding diaryl/α,β-unsaturated/α-hetero) is 1. The van der Waals surface area contributed by atoms with Crippen LogP contribution in [0.25, 0.3) is 6.08 Å². The number of thiazole rings is 1. The number of piperazine rings is 1. The Morgan fingerprint density at radius 2 is 1.94 bits per heavy atom. The average Bonchev–Trinajstić information content (AvgIpc) is 3.26. The number of aryl methyl sites for hydroxylation is 1. The van der Waals surface area contributed by atoms with Gasteiger partial charge in [-0.05, 0) is 55.8 Å². The van der Waals surface area contributed by atoms with Gasteiger partial charge in [-0.25, -0.2) is 9.37 Å². The molecule has 1 aromatic heterocycles. The minimum atomic E-state index is -0.417. The molecule has 34 heavy (non-hydrogen) atoms. The lowest BCUT2D eigenvalue weighted by molar-refractivity contribution is -0.126. The molecule has 3 aromatic rings.